The second-order valence-corrected chi connectivity index (χ2v) is 8.56. The third-order valence-corrected chi connectivity index (χ3v) is 6.64. The van der Waals surface area contributed by atoms with Gasteiger partial charge in [0.05, 0.1) is 4.90 Å². The molecular weight excluding hydrogens is 376 g/mol. The number of anilines is 1. The highest BCUT2D eigenvalue weighted by molar-refractivity contribution is 7.89. The molecule has 0 saturated carbocycles. The zero-order valence-corrected chi connectivity index (χ0v) is 17.9. The first-order valence-corrected chi connectivity index (χ1v) is 10.7. The van der Waals surface area contributed by atoms with E-state index in [0.29, 0.717) is 24.4 Å². The number of benzene rings is 2. The third kappa shape index (κ3) is 4.91. The Kier molecular flexibility index (Phi) is 7.21. The van der Waals surface area contributed by atoms with Crippen molar-refractivity contribution in [2.45, 2.75) is 39.5 Å². The van der Waals surface area contributed by atoms with Gasteiger partial charge in [0.25, 0.3) is 5.91 Å². The maximum absolute atomic E-state index is 12.6. The van der Waals surface area contributed by atoms with Crippen molar-refractivity contribution < 1.29 is 17.9 Å². The topological polar surface area (TPSA) is 75.7 Å². The van der Waals surface area contributed by atoms with Gasteiger partial charge in [0, 0.05) is 18.8 Å². The highest BCUT2D eigenvalue weighted by atomic mass is 32.2. The summed E-state index contributed by atoms with van der Waals surface area (Å²) in [6.07, 6.45) is 0. The number of para-hydroxylation sites is 1. The van der Waals surface area contributed by atoms with Gasteiger partial charge >= 0.3 is 0 Å². The largest absolute Gasteiger partial charge is 0.483 e. The minimum atomic E-state index is -3.52. The molecule has 2 aromatic carbocycles. The second-order valence-electron chi connectivity index (χ2n) is 6.62. The van der Waals surface area contributed by atoms with Gasteiger partial charge in [-0.25, -0.2) is 8.42 Å². The summed E-state index contributed by atoms with van der Waals surface area (Å²) in [7, 11) is -3.52. The molecular formula is C21H28N2O4S. The lowest BCUT2D eigenvalue weighted by Gasteiger charge is -2.19. The Balaban J connectivity index is 2.08. The van der Waals surface area contributed by atoms with Gasteiger partial charge in [-0.1, -0.05) is 32.0 Å². The van der Waals surface area contributed by atoms with E-state index in [1.54, 1.807) is 32.9 Å². The Labute approximate surface area is 167 Å². The van der Waals surface area contributed by atoms with E-state index in [1.807, 2.05) is 32.0 Å². The maximum Gasteiger partial charge on any atom is 0.262 e. The average Bonchev–Trinajstić information content (AvgIpc) is 2.64. The lowest BCUT2D eigenvalue weighted by molar-refractivity contribution is -0.118. The molecule has 2 rings (SSSR count). The van der Waals surface area contributed by atoms with Crippen LogP contribution in [0.3, 0.4) is 0 Å². The van der Waals surface area contributed by atoms with E-state index in [0.717, 1.165) is 16.8 Å². The van der Waals surface area contributed by atoms with Crippen LogP contribution in [0.25, 0.3) is 0 Å². The van der Waals surface area contributed by atoms with Gasteiger partial charge in [0.15, 0.2) is 6.61 Å². The summed E-state index contributed by atoms with van der Waals surface area (Å²) in [5, 5.41) is 2.87. The van der Waals surface area contributed by atoms with Gasteiger partial charge < -0.3 is 10.1 Å². The number of hydrogen-bond donors (Lipinski definition) is 1. The zero-order chi connectivity index (χ0) is 20.9. The summed E-state index contributed by atoms with van der Waals surface area (Å²) in [5.74, 6) is 0.215. The second kappa shape index (κ2) is 9.21. The summed E-state index contributed by atoms with van der Waals surface area (Å²) in [6.45, 7) is 9.91. The van der Waals surface area contributed by atoms with Gasteiger partial charge in [0.2, 0.25) is 10.0 Å². The van der Waals surface area contributed by atoms with Crippen molar-refractivity contribution in [3.05, 3.63) is 53.1 Å². The van der Waals surface area contributed by atoms with Crippen molar-refractivity contribution in [1.29, 1.82) is 0 Å². The van der Waals surface area contributed by atoms with Gasteiger partial charge in [0.1, 0.15) is 5.75 Å². The molecule has 0 aromatic heterocycles. The predicted molar refractivity (Wildman–Crippen MR) is 111 cm³/mol. The van der Waals surface area contributed by atoms with Crippen molar-refractivity contribution in [1.82, 2.24) is 4.31 Å². The minimum absolute atomic E-state index is 0.156. The predicted octanol–water partition coefficient (Wildman–Crippen LogP) is 3.66. The quantitative estimate of drug-likeness (QED) is 0.728. The van der Waals surface area contributed by atoms with E-state index in [2.05, 4.69) is 5.32 Å². The molecule has 28 heavy (non-hydrogen) atoms. The van der Waals surface area contributed by atoms with Gasteiger partial charge in [-0.05, 0) is 55.7 Å². The molecule has 0 aliphatic carbocycles. The molecule has 0 aliphatic rings. The number of hydrogen-bond acceptors (Lipinski definition) is 4. The summed E-state index contributed by atoms with van der Waals surface area (Å²) in [5.41, 5.74) is 3.41. The molecule has 2 aromatic rings. The summed E-state index contributed by atoms with van der Waals surface area (Å²) < 4.78 is 32.2. The first kappa shape index (κ1) is 21.9. The van der Waals surface area contributed by atoms with Crippen molar-refractivity contribution >= 4 is 21.6 Å². The number of carbonyl (C=O) groups excluding carboxylic acids is 1. The van der Waals surface area contributed by atoms with Crippen LogP contribution < -0.4 is 10.1 Å². The number of sulfonamides is 1. The Morgan fingerprint density at radius 3 is 2.14 bits per heavy atom. The number of ether oxygens (including phenoxy) is 1. The molecule has 7 heteroatoms. The molecule has 0 aliphatic heterocycles. The molecule has 0 bridgehead atoms. The first-order valence-electron chi connectivity index (χ1n) is 9.30. The Hall–Kier alpha value is -2.38. The zero-order valence-electron chi connectivity index (χ0n) is 17.1. The van der Waals surface area contributed by atoms with Crippen molar-refractivity contribution in [2.24, 2.45) is 0 Å². The number of carbonyl (C=O) groups is 1. The number of amides is 1. The van der Waals surface area contributed by atoms with Crippen LogP contribution in [-0.2, 0) is 14.8 Å². The Morgan fingerprint density at radius 2 is 1.61 bits per heavy atom. The van der Waals surface area contributed by atoms with E-state index in [1.165, 1.54) is 10.4 Å². The van der Waals surface area contributed by atoms with Crippen molar-refractivity contribution in [3.63, 3.8) is 0 Å². The SMILES string of the molecule is CCN(CC)S(=O)(=O)c1ccc(OCC(=O)Nc2c(C)cccc2C)c(C)c1. The van der Waals surface area contributed by atoms with E-state index < -0.39 is 10.0 Å². The molecule has 0 unspecified atom stereocenters. The fourth-order valence-electron chi connectivity index (χ4n) is 2.99. The van der Waals surface area contributed by atoms with Crippen LogP contribution >= 0.6 is 0 Å². The fraction of sp³-hybridized carbons (Fsp3) is 0.381. The molecule has 1 amide bonds. The number of aryl methyl sites for hydroxylation is 3. The molecule has 6 nitrogen and oxygen atoms in total. The van der Waals surface area contributed by atoms with E-state index in [9.17, 15) is 13.2 Å². The van der Waals surface area contributed by atoms with Gasteiger partial charge in [-0.15, -0.1) is 0 Å². The monoisotopic (exact) mass is 404 g/mol. The molecule has 0 spiro atoms. The molecule has 0 atom stereocenters. The molecule has 0 radical (unpaired) electrons. The van der Waals surface area contributed by atoms with Gasteiger partial charge in [-0.3, -0.25) is 4.79 Å². The molecule has 152 valence electrons. The van der Waals surface area contributed by atoms with Crippen LogP contribution in [0, 0.1) is 20.8 Å². The lowest BCUT2D eigenvalue weighted by Crippen LogP contribution is -2.30. The molecule has 0 saturated heterocycles. The normalized spacial score (nSPS) is 11.5. The van der Waals surface area contributed by atoms with E-state index in [4.69, 9.17) is 4.74 Å². The van der Waals surface area contributed by atoms with Crippen LogP contribution in [0.15, 0.2) is 41.3 Å². The van der Waals surface area contributed by atoms with Crippen LogP contribution in [0.2, 0.25) is 0 Å². The van der Waals surface area contributed by atoms with Crippen LogP contribution in [-0.4, -0.2) is 38.3 Å². The highest BCUT2D eigenvalue weighted by Gasteiger charge is 2.22. The lowest BCUT2D eigenvalue weighted by atomic mass is 10.1. The summed E-state index contributed by atoms with van der Waals surface area (Å²) in [6, 6.07) is 10.5. The average molecular weight is 405 g/mol. The number of nitrogens with zero attached hydrogens (tertiary/aromatic N) is 1. The third-order valence-electron chi connectivity index (χ3n) is 4.59. The number of rotatable bonds is 8. The summed E-state index contributed by atoms with van der Waals surface area (Å²) >= 11 is 0. The van der Waals surface area contributed by atoms with Crippen LogP contribution in [0.5, 0.6) is 5.75 Å². The minimum Gasteiger partial charge on any atom is -0.483 e. The number of nitrogens with one attached hydrogen (secondary N) is 1. The Morgan fingerprint density at radius 1 is 1.00 bits per heavy atom. The molecule has 0 fully saturated rings. The van der Waals surface area contributed by atoms with Crippen molar-refractivity contribution in [2.75, 3.05) is 25.0 Å². The highest BCUT2D eigenvalue weighted by Crippen LogP contribution is 2.24. The molecule has 1 N–H and O–H groups in total. The van der Waals surface area contributed by atoms with E-state index in [-0.39, 0.29) is 17.4 Å². The van der Waals surface area contributed by atoms with Crippen molar-refractivity contribution in [3.8, 4) is 5.75 Å². The smallest absolute Gasteiger partial charge is 0.262 e. The van der Waals surface area contributed by atoms with Gasteiger partial charge in [-0.2, -0.15) is 4.31 Å². The van der Waals surface area contributed by atoms with E-state index >= 15 is 0 Å². The maximum atomic E-state index is 12.6. The Bertz CT molecular complexity index is 931. The first-order chi connectivity index (χ1) is 13.2. The summed E-state index contributed by atoms with van der Waals surface area (Å²) in [4.78, 5) is 12.5. The fourth-order valence-corrected chi connectivity index (χ4v) is 4.53. The van der Waals surface area contributed by atoms with Crippen LogP contribution in [0.1, 0.15) is 30.5 Å². The van der Waals surface area contributed by atoms with Crippen LogP contribution in [0.4, 0.5) is 5.69 Å². The molecule has 0 heterocycles. The standard InChI is InChI=1S/C21H28N2O4S/c1-6-23(7-2)28(25,26)18-11-12-19(17(5)13-18)27-14-20(24)22-21-15(3)9-8-10-16(21)4/h8-13H,6-7,14H2,1-5H3,(H,22,24).